The molecule has 0 saturated carbocycles. The van der Waals surface area contributed by atoms with Crippen LogP contribution >= 0.6 is 15.9 Å². The zero-order chi connectivity index (χ0) is 22.8. The van der Waals surface area contributed by atoms with Crippen molar-refractivity contribution in [2.24, 2.45) is 5.73 Å². The van der Waals surface area contributed by atoms with Crippen molar-refractivity contribution in [3.63, 3.8) is 0 Å². The van der Waals surface area contributed by atoms with Gasteiger partial charge >= 0.3 is 5.97 Å². The van der Waals surface area contributed by atoms with E-state index in [4.69, 9.17) is 15.2 Å². The molecule has 1 aliphatic heterocycles. The minimum Gasteiger partial charge on any atom is -0.440 e. The summed E-state index contributed by atoms with van der Waals surface area (Å²) in [6.45, 7) is 0. The van der Waals surface area contributed by atoms with Crippen molar-refractivity contribution < 1.29 is 19.2 Å². The Morgan fingerprint density at radius 1 is 1.12 bits per heavy atom. The van der Waals surface area contributed by atoms with Gasteiger partial charge in [-0.1, -0.05) is 34.1 Å². The molecule has 0 bridgehead atoms. The average molecular weight is 492 g/mol. The first-order valence-electron chi connectivity index (χ1n) is 9.31. The molecule has 0 radical (unpaired) electrons. The highest BCUT2D eigenvalue weighted by molar-refractivity contribution is 9.10. The summed E-state index contributed by atoms with van der Waals surface area (Å²) in [7, 11) is 0. The maximum absolute atomic E-state index is 12.4. The molecule has 4 rings (SSSR count). The fourth-order valence-corrected chi connectivity index (χ4v) is 3.65. The van der Waals surface area contributed by atoms with Gasteiger partial charge in [-0.2, -0.15) is 5.26 Å². The lowest BCUT2D eigenvalue weighted by atomic mass is 9.83. The molecule has 1 unspecified atom stereocenters. The standard InChI is InChI=1S/C23H14BrN3O5/c24-15-5-1-13(2-6-15)21-18-10-9-17(11-20(18)32-22(26)19(21)12-25)31-23(28)14-3-7-16(8-4-14)27(29)30/h1-11,21H,26H2. The molecule has 0 amide bonds. The fourth-order valence-electron chi connectivity index (χ4n) is 3.38. The van der Waals surface area contributed by atoms with Crippen molar-refractivity contribution in [2.45, 2.75) is 5.92 Å². The number of nitro groups is 1. The highest BCUT2D eigenvalue weighted by Crippen LogP contribution is 2.43. The zero-order valence-electron chi connectivity index (χ0n) is 16.3. The Morgan fingerprint density at radius 3 is 2.44 bits per heavy atom. The Hall–Kier alpha value is -4.16. The summed E-state index contributed by atoms with van der Waals surface area (Å²) >= 11 is 3.40. The summed E-state index contributed by atoms with van der Waals surface area (Å²) in [5, 5.41) is 20.4. The largest absolute Gasteiger partial charge is 0.440 e. The van der Waals surface area contributed by atoms with Crippen molar-refractivity contribution in [1.82, 2.24) is 0 Å². The number of esters is 1. The van der Waals surface area contributed by atoms with Crippen LogP contribution in [-0.2, 0) is 0 Å². The Kier molecular flexibility index (Phi) is 5.62. The lowest BCUT2D eigenvalue weighted by Gasteiger charge is -2.26. The van der Waals surface area contributed by atoms with E-state index in [-0.39, 0.29) is 28.5 Å². The monoisotopic (exact) mass is 491 g/mol. The topological polar surface area (TPSA) is 128 Å². The summed E-state index contributed by atoms with van der Waals surface area (Å²) in [6, 6.07) is 19.5. The number of benzene rings is 3. The number of nitrogens with two attached hydrogens (primary N) is 1. The molecular formula is C23H14BrN3O5. The minimum absolute atomic E-state index is 0.0215. The maximum atomic E-state index is 12.4. The molecule has 1 atom stereocenters. The smallest absolute Gasteiger partial charge is 0.343 e. The molecule has 0 aromatic heterocycles. The molecule has 1 heterocycles. The minimum atomic E-state index is -0.679. The molecule has 0 spiro atoms. The summed E-state index contributed by atoms with van der Waals surface area (Å²) in [5.41, 5.74) is 7.88. The number of carbonyl (C=O) groups excluding carboxylic acids is 1. The molecule has 0 fully saturated rings. The second-order valence-electron chi connectivity index (χ2n) is 6.87. The van der Waals surface area contributed by atoms with Crippen LogP contribution in [-0.4, -0.2) is 10.9 Å². The van der Waals surface area contributed by atoms with E-state index in [0.717, 1.165) is 10.0 Å². The van der Waals surface area contributed by atoms with Gasteiger partial charge in [-0.25, -0.2) is 4.79 Å². The first-order valence-corrected chi connectivity index (χ1v) is 10.1. The lowest BCUT2D eigenvalue weighted by molar-refractivity contribution is -0.384. The third kappa shape index (κ3) is 4.04. The van der Waals surface area contributed by atoms with Gasteiger partial charge in [0.1, 0.15) is 23.1 Å². The first-order chi connectivity index (χ1) is 15.4. The number of nitro benzene ring substituents is 1. The van der Waals surface area contributed by atoms with E-state index < -0.39 is 16.8 Å². The molecule has 0 aliphatic carbocycles. The van der Waals surface area contributed by atoms with Crippen LogP contribution in [0.5, 0.6) is 11.5 Å². The van der Waals surface area contributed by atoms with Gasteiger partial charge in [-0.15, -0.1) is 0 Å². The molecule has 158 valence electrons. The number of halogens is 1. The van der Waals surface area contributed by atoms with E-state index in [1.54, 1.807) is 12.1 Å². The molecular weight excluding hydrogens is 478 g/mol. The Labute approximate surface area is 190 Å². The van der Waals surface area contributed by atoms with Crippen LogP contribution in [0.25, 0.3) is 0 Å². The number of rotatable bonds is 4. The van der Waals surface area contributed by atoms with Crippen LogP contribution < -0.4 is 15.2 Å². The molecule has 9 heteroatoms. The number of nitriles is 1. The highest BCUT2D eigenvalue weighted by atomic mass is 79.9. The van der Waals surface area contributed by atoms with Gasteiger partial charge in [0.2, 0.25) is 5.88 Å². The summed E-state index contributed by atoms with van der Waals surface area (Å²) in [4.78, 5) is 22.6. The van der Waals surface area contributed by atoms with Gasteiger partial charge in [-0.3, -0.25) is 10.1 Å². The lowest BCUT2D eigenvalue weighted by Crippen LogP contribution is -2.21. The molecule has 8 nitrogen and oxygen atoms in total. The second kappa shape index (κ2) is 8.53. The number of ether oxygens (including phenoxy) is 2. The van der Waals surface area contributed by atoms with Crippen LogP contribution in [0.2, 0.25) is 0 Å². The van der Waals surface area contributed by atoms with Gasteiger partial charge in [0.25, 0.3) is 5.69 Å². The van der Waals surface area contributed by atoms with E-state index in [1.807, 2.05) is 24.3 Å². The number of carbonyl (C=O) groups is 1. The summed E-state index contributed by atoms with van der Waals surface area (Å²) in [5.74, 6) is -0.567. The SMILES string of the molecule is N#CC1=C(N)Oc2cc(OC(=O)c3ccc([N+](=O)[O-])cc3)ccc2C1c1ccc(Br)cc1. The summed E-state index contributed by atoms with van der Waals surface area (Å²) in [6.07, 6.45) is 0. The number of fused-ring (bicyclic) bond motifs is 1. The number of nitrogens with zero attached hydrogens (tertiary/aromatic N) is 2. The van der Waals surface area contributed by atoms with Gasteiger partial charge in [0, 0.05) is 28.2 Å². The van der Waals surface area contributed by atoms with Crippen molar-refractivity contribution in [3.05, 3.63) is 109 Å². The van der Waals surface area contributed by atoms with Crippen LogP contribution in [0.1, 0.15) is 27.4 Å². The van der Waals surface area contributed by atoms with Crippen LogP contribution in [0, 0.1) is 21.4 Å². The van der Waals surface area contributed by atoms with Crippen LogP contribution in [0.4, 0.5) is 5.69 Å². The van der Waals surface area contributed by atoms with Crippen LogP contribution in [0.3, 0.4) is 0 Å². The third-order valence-electron chi connectivity index (χ3n) is 4.92. The van der Waals surface area contributed by atoms with E-state index in [0.29, 0.717) is 11.3 Å². The maximum Gasteiger partial charge on any atom is 0.343 e. The number of hydrogen-bond donors (Lipinski definition) is 1. The third-order valence-corrected chi connectivity index (χ3v) is 5.45. The number of allylic oxidation sites excluding steroid dienone is 1. The first kappa shape index (κ1) is 21.1. The normalized spacial score (nSPS) is 14.7. The Morgan fingerprint density at radius 2 is 1.81 bits per heavy atom. The van der Waals surface area contributed by atoms with Crippen molar-refractivity contribution in [2.75, 3.05) is 0 Å². The molecule has 2 N–H and O–H groups in total. The van der Waals surface area contributed by atoms with Gasteiger partial charge in [0.05, 0.1) is 16.4 Å². The predicted molar refractivity (Wildman–Crippen MR) is 118 cm³/mol. The van der Waals surface area contributed by atoms with E-state index in [1.165, 1.54) is 30.3 Å². The van der Waals surface area contributed by atoms with Crippen molar-refractivity contribution in [3.8, 4) is 17.6 Å². The van der Waals surface area contributed by atoms with Gasteiger partial charge < -0.3 is 15.2 Å². The van der Waals surface area contributed by atoms with Gasteiger partial charge in [-0.05, 0) is 35.9 Å². The van der Waals surface area contributed by atoms with E-state index >= 15 is 0 Å². The molecule has 32 heavy (non-hydrogen) atoms. The molecule has 1 aliphatic rings. The van der Waals surface area contributed by atoms with E-state index in [9.17, 15) is 20.2 Å². The Bertz CT molecular complexity index is 1290. The van der Waals surface area contributed by atoms with Crippen molar-refractivity contribution >= 4 is 27.6 Å². The average Bonchev–Trinajstić information content (AvgIpc) is 2.78. The van der Waals surface area contributed by atoms with Gasteiger partial charge in [0.15, 0.2) is 0 Å². The number of non-ortho nitro benzene ring substituents is 1. The highest BCUT2D eigenvalue weighted by Gasteiger charge is 2.31. The Balaban J connectivity index is 1.64. The predicted octanol–water partition coefficient (Wildman–Crippen LogP) is 4.79. The molecule has 3 aromatic carbocycles. The molecule has 0 saturated heterocycles. The number of hydrogen-bond acceptors (Lipinski definition) is 7. The quantitative estimate of drug-likeness (QED) is 0.240. The molecule has 3 aromatic rings. The summed E-state index contributed by atoms with van der Waals surface area (Å²) < 4.78 is 11.9. The van der Waals surface area contributed by atoms with E-state index in [2.05, 4.69) is 22.0 Å². The van der Waals surface area contributed by atoms with Crippen molar-refractivity contribution in [1.29, 1.82) is 5.26 Å². The second-order valence-corrected chi connectivity index (χ2v) is 7.79. The van der Waals surface area contributed by atoms with Crippen LogP contribution in [0.15, 0.2) is 82.7 Å². The fraction of sp³-hybridized carbons (Fsp3) is 0.0435. The zero-order valence-corrected chi connectivity index (χ0v) is 17.9.